The molecule has 0 saturated carbocycles. The molecule has 6 nitrogen and oxygen atoms in total. The Morgan fingerprint density at radius 3 is 2.18 bits per heavy atom. The molecule has 3 aromatic carbocycles. The smallest absolute Gasteiger partial charge is 0.275 e. The zero-order valence-electron chi connectivity index (χ0n) is 18.0. The Bertz CT molecular complexity index is 1360. The molecular weight excluding hydrogens is 436 g/mol. The zero-order chi connectivity index (χ0) is 22.8. The second kappa shape index (κ2) is 9.08. The average molecular weight is 459 g/mol. The summed E-state index contributed by atoms with van der Waals surface area (Å²) in [5.74, 6) is -0.160. The molecule has 2 heterocycles. The number of nitrogens with zero attached hydrogens (tertiary/aromatic N) is 4. The van der Waals surface area contributed by atoms with E-state index in [1.807, 2.05) is 66.7 Å². The minimum atomic E-state index is -0.199. The van der Waals surface area contributed by atoms with Gasteiger partial charge in [-0.1, -0.05) is 72.3 Å². The predicted molar refractivity (Wildman–Crippen MR) is 131 cm³/mol. The van der Waals surface area contributed by atoms with E-state index >= 15 is 0 Å². The molecule has 0 spiro atoms. The monoisotopic (exact) mass is 458 g/mol. The van der Waals surface area contributed by atoms with Crippen LogP contribution in [0.3, 0.4) is 0 Å². The normalized spacial score (nSPS) is 14.0. The van der Waals surface area contributed by atoms with Crippen LogP contribution in [-0.2, 0) is 6.54 Å². The van der Waals surface area contributed by atoms with Gasteiger partial charge in [0.15, 0.2) is 5.69 Å². The van der Waals surface area contributed by atoms with Gasteiger partial charge in [-0.05, 0) is 23.8 Å². The van der Waals surface area contributed by atoms with E-state index in [1.165, 1.54) is 4.68 Å². The van der Waals surface area contributed by atoms with Crippen molar-refractivity contribution in [3.8, 4) is 0 Å². The molecule has 0 N–H and O–H groups in total. The van der Waals surface area contributed by atoms with Crippen molar-refractivity contribution in [2.75, 3.05) is 31.1 Å². The second-order valence-electron chi connectivity index (χ2n) is 8.07. The fourth-order valence-electron chi connectivity index (χ4n) is 4.27. The molecule has 1 saturated heterocycles. The van der Waals surface area contributed by atoms with Gasteiger partial charge < -0.3 is 9.80 Å². The van der Waals surface area contributed by atoms with Crippen LogP contribution < -0.4 is 10.5 Å². The number of para-hydroxylation sites is 1. The molecule has 7 heteroatoms. The molecule has 0 atom stereocenters. The van der Waals surface area contributed by atoms with Gasteiger partial charge >= 0.3 is 0 Å². The first-order valence-corrected chi connectivity index (χ1v) is 11.3. The molecule has 0 unspecified atom stereocenters. The Morgan fingerprint density at radius 1 is 0.818 bits per heavy atom. The Balaban J connectivity index is 1.44. The first-order valence-electron chi connectivity index (χ1n) is 10.9. The first kappa shape index (κ1) is 21.2. The van der Waals surface area contributed by atoms with E-state index in [0.29, 0.717) is 54.2 Å². The van der Waals surface area contributed by atoms with Crippen molar-refractivity contribution in [3.63, 3.8) is 0 Å². The number of benzene rings is 3. The molecule has 1 fully saturated rings. The number of piperazine rings is 1. The molecule has 166 valence electrons. The van der Waals surface area contributed by atoms with E-state index < -0.39 is 0 Å². The summed E-state index contributed by atoms with van der Waals surface area (Å²) in [6.45, 7) is 2.77. The number of carbonyl (C=O) groups is 1. The van der Waals surface area contributed by atoms with Crippen molar-refractivity contribution < 1.29 is 4.79 Å². The van der Waals surface area contributed by atoms with Gasteiger partial charge in [-0.15, -0.1) is 0 Å². The Labute approximate surface area is 196 Å². The van der Waals surface area contributed by atoms with Gasteiger partial charge in [0.05, 0.1) is 22.6 Å². The topological polar surface area (TPSA) is 58.4 Å². The molecule has 1 aromatic heterocycles. The van der Waals surface area contributed by atoms with Gasteiger partial charge in [0, 0.05) is 31.6 Å². The first-order chi connectivity index (χ1) is 16.1. The number of aromatic nitrogens is 2. The Morgan fingerprint density at radius 2 is 1.45 bits per heavy atom. The summed E-state index contributed by atoms with van der Waals surface area (Å²) in [5, 5.41) is 6.34. The fraction of sp³-hybridized carbons (Fsp3) is 0.192. The Hall–Kier alpha value is -3.64. The third kappa shape index (κ3) is 4.22. The van der Waals surface area contributed by atoms with E-state index in [4.69, 9.17) is 11.6 Å². The van der Waals surface area contributed by atoms with Gasteiger partial charge in [-0.25, -0.2) is 4.68 Å². The highest BCUT2D eigenvalue weighted by Crippen LogP contribution is 2.26. The summed E-state index contributed by atoms with van der Waals surface area (Å²) in [7, 11) is 0. The maximum Gasteiger partial charge on any atom is 0.275 e. The largest absolute Gasteiger partial charge is 0.367 e. The lowest BCUT2D eigenvalue weighted by Gasteiger charge is -2.36. The highest BCUT2D eigenvalue weighted by molar-refractivity contribution is 6.33. The maximum atomic E-state index is 13.5. The minimum Gasteiger partial charge on any atom is -0.367 e. The lowest BCUT2D eigenvalue weighted by Crippen LogP contribution is -2.49. The number of hydrogen-bond acceptors (Lipinski definition) is 4. The van der Waals surface area contributed by atoms with Gasteiger partial charge in [-0.3, -0.25) is 9.59 Å². The standard InChI is InChI=1S/C26H23ClN4O2/c27-22-12-6-7-13-23(22)29-14-16-30(17-15-29)26(33)24-20-10-4-5-11-21(20)25(32)31(28-24)18-19-8-2-1-3-9-19/h1-13H,14-18H2. The fourth-order valence-corrected chi connectivity index (χ4v) is 4.52. The van der Waals surface area contributed by atoms with Crippen molar-refractivity contribution >= 4 is 34.0 Å². The van der Waals surface area contributed by atoms with Gasteiger partial charge in [0.1, 0.15) is 0 Å². The van der Waals surface area contributed by atoms with Crippen LogP contribution in [0.5, 0.6) is 0 Å². The molecular formula is C26H23ClN4O2. The van der Waals surface area contributed by atoms with Gasteiger partial charge in [-0.2, -0.15) is 5.10 Å². The average Bonchev–Trinajstić information content (AvgIpc) is 2.86. The van der Waals surface area contributed by atoms with Crippen LogP contribution in [0.15, 0.2) is 83.7 Å². The lowest BCUT2D eigenvalue weighted by molar-refractivity contribution is 0.0740. The maximum absolute atomic E-state index is 13.5. The number of rotatable bonds is 4. The number of fused-ring (bicyclic) bond motifs is 1. The van der Waals surface area contributed by atoms with Crippen LogP contribution in [0.1, 0.15) is 16.1 Å². The SMILES string of the molecule is O=C(c1nn(Cc2ccccc2)c(=O)c2ccccc12)N1CCN(c2ccccc2Cl)CC1. The van der Waals surface area contributed by atoms with Crippen molar-refractivity contribution in [2.24, 2.45) is 0 Å². The molecule has 1 aliphatic heterocycles. The van der Waals surface area contributed by atoms with Crippen molar-refractivity contribution in [3.05, 3.63) is 105 Å². The third-order valence-corrected chi connectivity index (χ3v) is 6.33. The van der Waals surface area contributed by atoms with E-state index in [0.717, 1.165) is 11.3 Å². The summed E-state index contributed by atoms with van der Waals surface area (Å²) >= 11 is 6.35. The number of anilines is 1. The quantitative estimate of drug-likeness (QED) is 0.462. The molecule has 4 aromatic rings. The van der Waals surface area contributed by atoms with Crippen LogP contribution in [0.4, 0.5) is 5.69 Å². The minimum absolute atomic E-state index is 0.160. The van der Waals surface area contributed by atoms with Gasteiger partial charge in [0.25, 0.3) is 11.5 Å². The summed E-state index contributed by atoms with van der Waals surface area (Å²) in [6.07, 6.45) is 0. The van der Waals surface area contributed by atoms with Crippen molar-refractivity contribution in [1.29, 1.82) is 0 Å². The second-order valence-corrected chi connectivity index (χ2v) is 8.48. The summed E-state index contributed by atoms with van der Waals surface area (Å²) < 4.78 is 1.39. The van der Waals surface area contributed by atoms with Crippen LogP contribution in [0, 0.1) is 0 Å². The molecule has 1 amide bonds. The molecule has 33 heavy (non-hydrogen) atoms. The van der Waals surface area contributed by atoms with E-state index in [1.54, 1.807) is 17.0 Å². The zero-order valence-corrected chi connectivity index (χ0v) is 18.8. The van der Waals surface area contributed by atoms with E-state index in [9.17, 15) is 9.59 Å². The molecule has 1 aliphatic rings. The number of amides is 1. The molecule has 0 bridgehead atoms. The third-order valence-electron chi connectivity index (χ3n) is 6.01. The lowest BCUT2D eigenvalue weighted by atomic mass is 10.1. The molecule has 0 radical (unpaired) electrons. The Kier molecular flexibility index (Phi) is 5.84. The van der Waals surface area contributed by atoms with E-state index in [2.05, 4.69) is 10.00 Å². The van der Waals surface area contributed by atoms with Crippen LogP contribution in [-0.4, -0.2) is 46.8 Å². The van der Waals surface area contributed by atoms with Crippen molar-refractivity contribution in [1.82, 2.24) is 14.7 Å². The van der Waals surface area contributed by atoms with Crippen molar-refractivity contribution in [2.45, 2.75) is 6.54 Å². The summed E-state index contributed by atoms with van der Waals surface area (Å²) in [4.78, 5) is 30.6. The van der Waals surface area contributed by atoms with Gasteiger partial charge in [0.2, 0.25) is 0 Å². The number of halogens is 1. The van der Waals surface area contributed by atoms with Crippen LogP contribution >= 0.6 is 11.6 Å². The predicted octanol–water partition coefficient (Wildman–Crippen LogP) is 4.06. The highest BCUT2D eigenvalue weighted by Gasteiger charge is 2.26. The van der Waals surface area contributed by atoms with E-state index in [-0.39, 0.29) is 11.5 Å². The molecule has 5 rings (SSSR count). The number of hydrogen-bond donors (Lipinski definition) is 0. The van der Waals surface area contributed by atoms with Crippen LogP contribution in [0.2, 0.25) is 5.02 Å². The summed E-state index contributed by atoms with van der Waals surface area (Å²) in [6, 6.07) is 24.6. The number of carbonyl (C=O) groups excluding carboxylic acids is 1. The molecule has 0 aliphatic carbocycles. The van der Waals surface area contributed by atoms with Crippen LogP contribution in [0.25, 0.3) is 10.8 Å². The summed E-state index contributed by atoms with van der Waals surface area (Å²) in [5.41, 5.74) is 2.04. The highest BCUT2D eigenvalue weighted by atomic mass is 35.5.